The average Bonchev–Trinajstić information content (AvgIpc) is 3.28. The summed E-state index contributed by atoms with van der Waals surface area (Å²) in [5.74, 6) is 0.121. The Morgan fingerprint density at radius 2 is 1.89 bits per heavy atom. The monoisotopic (exact) mass is 366 g/mol. The summed E-state index contributed by atoms with van der Waals surface area (Å²) in [6.45, 7) is 8.20. The third-order valence-corrected chi connectivity index (χ3v) is 5.23. The van der Waals surface area contributed by atoms with E-state index in [0.717, 1.165) is 42.5 Å². The van der Waals surface area contributed by atoms with Gasteiger partial charge in [0.25, 0.3) is 0 Å². The molecule has 1 amide bonds. The molecule has 0 N–H and O–H groups in total. The molecule has 7 nitrogen and oxygen atoms in total. The molecule has 142 valence electrons. The van der Waals surface area contributed by atoms with Crippen molar-refractivity contribution < 1.29 is 4.79 Å². The number of nitrogens with zero attached hydrogens (tertiary/aromatic N) is 6. The Balaban J connectivity index is 1.35. The van der Waals surface area contributed by atoms with Crippen molar-refractivity contribution in [3.05, 3.63) is 42.4 Å². The Morgan fingerprint density at radius 3 is 2.56 bits per heavy atom. The molecule has 0 unspecified atom stereocenters. The van der Waals surface area contributed by atoms with Gasteiger partial charge >= 0.3 is 0 Å². The molecule has 1 aliphatic rings. The topological polar surface area (TPSA) is 68.8 Å². The number of fused-ring (bicyclic) bond motifs is 1. The lowest BCUT2D eigenvalue weighted by Crippen LogP contribution is -2.40. The quantitative estimate of drug-likeness (QED) is 0.715. The highest BCUT2D eigenvalue weighted by Gasteiger charge is 2.26. The summed E-state index contributed by atoms with van der Waals surface area (Å²) in [5.41, 5.74) is 1.93. The van der Waals surface area contributed by atoms with Gasteiger partial charge in [0.1, 0.15) is 6.54 Å². The van der Waals surface area contributed by atoms with Crippen molar-refractivity contribution in [2.75, 3.05) is 13.1 Å². The molecule has 7 heteroatoms. The number of rotatable bonds is 3. The lowest BCUT2D eigenvalue weighted by Gasteiger charge is -2.31. The molecule has 0 radical (unpaired) electrons. The van der Waals surface area contributed by atoms with Gasteiger partial charge in [-0.25, -0.2) is 4.68 Å². The predicted octanol–water partition coefficient (Wildman–Crippen LogP) is 2.79. The van der Waals surface area contributed by atoms with Crippen molar-refractivity contribution >= 4 is 16.8 Å². The maximum Gasteiger partial charge on any atom is 0.244 e. The van der Waals surface area contributed by atoms with Crippen LogP contribution in [-0.4, -0.2) is 48.7 Å². The van der Waals surface area contributed by atoms with Gasteiger partial charge in [0, 0.05) is 36.3 Å². The Morgan fingerprint density at radius 1 is 1.15 bits per heavy atom. The second kappa shape index (κ2) is 6.79. The molecule has 0 saturated carbocycles. The van der Waals surface area contributed by atoms with Crippen molar-refractivity contribution in [3.63, 3.8) is 0 Å². The summed E-state index contributed by atoms with van der Waals surface area (Å²) in [7, 11) is 0. The molecule has 1 aromatic carbocycles. The van der Waals surface area contributed by atoms with Gasteiger partial charge < -0.3 is 4.90 Å². The normalized spacial score (nSPS) is 16.2. The van der Waals surface area contributed by atoms with E-state index in [-0.39, 0.29) is 17.9 Å². The molecule has 0 atom stereocenters. The number of hydrogen-bond acceptors (Lipinski definition) is 4. The maximum absolute atomic E-state index is 12.7. The van der Waals surface area contributed by atoms with E-state index in [1.807, 2.05) is 40.0 Å². The van der Waals surface area contributed by atoms with Crippen LogP contribution >= 0.6 is 0 Å². The fourth-order valence-electron chi connectivity index (χ4n) is 3.51. The van der Waals surface area contributed by atoms with Crippen LogP contribution in [0.4, 0.5) is 0 Å². The highest BCUT2D eigenvalue weighted by Crippen LogP contribution is 2.25. The first-order valence-electron chi connectivity index (χ1n) is 9.52. The highest BCUT2D eigenvalue weighted by atomic mass is 16.2. The summed E-state index contributed by atoms with van der Waals surface area (Å²) in [4.78, 5) is 14.6. The average molecular weight is 366 g/mol. The smallest absolute Gasteiger partial charge is 0.244 e. The largest absolute Gasteiger partial charge is 0.341 e. The van der Waals surface area contributed by atoms with Gasteiger partial charge in [0.15, 0.2) is 0 Å². The summed E-state index contributed by atoms with van der Waals surface area (Å²) in [6.07, 6.45) is 5.79. The second-order valence-electron chi connectivity index (χ2n) is 8.33. The molecule has 27 heavy (non-hydrogen) atoms. The molecule has 4 rings (SSSR count). The van der Waals surface area contributed by atoms with Crippen LogP contribution < -0.4 is 0 Å². The minimum Gasteiger partial charge on any atom is -0.341 e. The van der Waals surface area contributed by atoms with Crippen LogP contribution in [0.15, 0.2) is 36.7 Å². The van der Waals surface area contributed by atoms with E-state index in [1.165, 1.54) is 0 Å². The molecule has 1 fully saturated rings. The standard InChI is InChI=1S/C20H26N6O/c1-20(2,3)18-13-26(23-21-18)16-8-10-24(11-9-16)19(27)14-25-12-15-6-4-5-7-17(15)22-25/h4-7,12-13,16H,8-11,14H2,1-3H3. The van der Waals surface area contributed by atoms with E-state index < -0.39 is 0 Å². The minimum atomic E-state index is 0.00221. The summed E-state index contributed by atoms with van der Waals surface area (Å²) >= 11 is 0. The third-order valence-electron chi connectivity index (χ3n) is 5.23. The molecular weight excluding hydrogens is 340 g/mol. The molecule has 2 aromatic heterocycles. The fourth-order valence-corrected chi connectivity index (χ4v) is 3.51. The maximum atomic E-state index is 12.7. The SMILES string of the molecule is CC(C)(C)c1cn(C2CCN(C(=O)Cn3cc4ccccc4n3)CC2)nn1. The molecule has 3 heterocycles. The van der Waals surface area contributed by atoms with Crippen molar-refractivity contribution in [1.82, 2.24) is 29.7 Å². The van der Waals surface area contributed by atoms with E-state index in [2.05, 4.69) is 42.4 Å². The molecule has 0 bridgehead atoms. The van der Waals surface area contributed by atoms with Crippen LogP contribution in [0.5, 0.6) is 0 Å². The van der Waals surface area contributed by atoms with E-state index in [0.29, 0.717) is 6.04 Å². The number of likely N-dealkylation sites (tertiary alicyclic amines) is 1. The van der Waals surface area contributed by atoms with Crippen molar-refractivity contribution in [3.8, 4) is 0 Å². The van der Waals surface area contributed by atoms with E-state index in [1.54, 1.807) is 4.68 Å². The predicted molar refractivity (Wildman–Crippen MR) is 103 cm³/mol. The zero-order chi connectivity index (χ0) is 19.0. The Kier molecular flexibility index (Phi) is 4.45. The lowest BCUT2D eigenvalue weighted by atomic mass is 9.93. The molecule has 1 saturated heterocycles. The van der Waals surface area contributed by atoms with Crippen LogP contribution in [-0.2, 0) is 16.8 Å². The van der Waals surface area contributed by atoms with Crippen molar-refractivity contribution in [2.24, 2.45) is 0 Å². The molecule has 3 aromatic rings. The third kappa shape index (κ3) is 3.72. The molecule has 0 spiro atoms. The zero-order valence-corrected chi connectivity index (χ0v) is 16.2. The van der Waals surface area contributed by atoms with Crippen LogP contribution in [0.25, 0.3) is 10.9 Å². The first kappa shape index (κ1) is 17.7. The Bertz CT molecular complexity index is 910. The summed E-state index contributed by atoms with van der Waals surface area (Å²) in [6, 6.07) is 8.23. The summed E-state index contributed by atoms with van der Waals surface area (Å²) in [5, 5.41) is 14.2. The minimum absolute atomic E-state index is 0.00221. The van der Waals surface area contributed by atoms with Crippen LogP contribution in [0, 0.1) is 0 Å². The molecular formula is C20H26N6O. The van der Waals surface area contributed by atoms with Gasteiger partial charge in [-0.2, -0.15) is 5.10 Å². The number of carbonyl (C=O) groups excluding carboxylic acids is 1. The second-order valence-corrected chi connectivity index (χ2v) is 8.33. The first-order valence-corrected chi connectivity index (χ1v) is 9.52. The van der Waals surface area contributed by atoms with Gasteiger partial charge in [0.2, 0.25) is 5.91 Å². The number of carbonyl (C=O) groups is 1. The van der Waals surface area contributed by atoms with Gasteiger partial charge in [0.05, 0.1) is 17.3 Å². The van der Waals surface area contributed by atoms with Crippen LogP contribution in [0.2, 0.25) is 0 Å². The number of hydrogen-bond donors (Lipinski definition) is 0. The van der Waals surface area contributed by atoms with Crippen molar-refractivity contribution in [2.45, 2.75) is 51.6 Å². The first-order chi connectivity index (χ1) is 12.9. The molecule has 0 aliphatic carbocycles. The van der Waals surface area contributed by atoms with Crippen molar-refractivity contribution in [1.29, 1.82) is 0 Å². The highest BCUT2D eigenvalue weighted by molar-refractivity contribution is 5.79. The van der Waals surface area contributed by atoms with Crippen LogP contribution in [0.1, 0.15) is 45.3 Å². The fraction of sp³-hybridized carbons (Fsp3) is 0.500. The lowest BCUT2D eigenvalue weighted by molar-refractivity contribution is -0.133. The van der Waals surface area contributed by atoms with E-state index in [4.69, 9.17) is 0 Å². The Hall–Kier alpha value is -2.70. The Labute approximate surface area is 159 Å². The zero-order valence-electron chi connectivity index (χ0n) is 16.2. The summed E-state index contributed by atoms with van der Waals surface area (Å²) < 4.78 is 3.72. The van der Waals surface area contributed by atoms with Gasteiger partial charge in [-0.3, -0.25) is 9.48 Å². The van der Waals surface area contributed by atoms with Gasteiger partial charge in [-0.15, -0.1) is 5.10 Å². The number of benzene rings is 1. The number of piperidine rings is 1. The molecule has 1 aliphatic heterocycles. The van der Waals surface area contributed by atoms with E-state index in [9.17, 15) is 4.79 Å². The van der Waals surface area contributed by atoms with E-state index >= 15 is 0 Å². The number of amides is 1. The van der Waals surface area contributed by atoms with Crippen LogP contribution in [0.3, 0.4) is 0 Å². The number of aromatic nitrogens is 5. The van der Waals surface area contributed by atoms with Gasteiger partial charge in [-0.05, 0) is 18.9 Å². The van der Waals surface area contributed by atoms with Gasteiger partial charge in [-0.1, -0.05) is 44.2 Å².